The van der Waals surface area contributed by atoms with E-state index in [9.17, 15) is 4.79 Å². The molecule has 0 bridgehead atoms. The van der Waals surface area contributed by atoms with Gasteiger partial charge in [-0.1, -0.05) is 40.2 Å². The molecule has 0 fully saturated rings. The maximum Gasteiger partial charge on any atom is 0.273 e. The van der Waals surface area contributed by atoms with Gasteiger partial charge in [0.25, 0.3) is 5.91 Å². The summed E-state index contributed by atoms with van der Waals surface area (Å²) in [4.78, 5) is 15.1. The van der Waals surface area contributed by atoms with Crippen LogP contribution in [0.25, 0.3) is 11.3 Å². The summed E-state index contributed by atoms with van der Waals surface area (Å²) in [7, 11) is 4.74. The lowest BCUT2D eigenvalue weighted by Crippen LogP contribution is -2.38. The Hall–Kier alpha value is -2.68. The molecule has 2 aromatic carbocycles. The first-order valence-electron chi connectivity index (χ1n) is 9.42. The second-order valence-corrected chi connectivity index (χ2v) is 7.82. The third-order valence-corrected chi connectivity index (χ3v) is 5.79. The number of nitrogens with zero attached hydrogens (tertiary/aromatic N) is 2. The zero-order chi connectivity index (χ0) is 21.3. The molecule has 0 saturated carbocycles. The SMILES string of the molecule is COc1cccc(C2c3c(-c4ccc(Br)cc4)n[nH]c3C(=O)N2CC(OC)OC)c1. The fraction of sp³-hybridized carbons (Fsp3) is 0.273. The second-order valence-electron chi connectivity index (χ2n) is 6.91. The highest BCUT2D eigenvalue weighted by atomic mass is 79.9. The Morgan fingerprint density at radius 2 is 1.87 bits per heavy atom. The Balaban J connectivity index is 1.85. The van der Waals surface area contributed by atoms with Crippen LogP contribution in [0.2, 0.25) is 0 Å². The van der Waals surface area contributed by atoms with E-state index in [0.717, 1.165) is 32.6 Å². The van der Waals surface area contributed by atoms with Crippen LogP contribution in [0.15, 0.2) is 53.0 Å². The number of hydrogen-bond donors (Lipinski definition) is 1. The highest BCUT2D eigenvalue weighted by Gasteiger charge is 2.43. The van der Waals surface area contributed by atoms with Crippen LogP contribution in [-0.4, -0.2) is 55.2 Å². The van der Waals surface area contributed by atoms with Crippen molar-refractivity contribution in [1.82, 2.24) is 15.1 Å². The van der Waals surface area contributed by atoms with Gasteiger partial charge in [-0.15, -0.1) is 0 Å². The van der Waals surface area contributed by atoms with Gasteiger partial charge in [0, 0.05) is 29.8 Å². The number of carbonyl (C=O) groups excluding carboxylic acids is 1. The van der Waals surface area contributed by atoms with Gasteiger partial charge in [-0.25, -0.2) is 0 Å². The fourth-order valence-electron chi connectivity index (χ4n) is 3.78. The number of fused-ring (bicyclic) bond motifs is 1. The van der Waals surface area contributed by atoms with Crippen LogP contribution in [-0.2, 0) is 9.47 Å². The third kappa shape index (κ3) is 3.62. The van der Waals surface area contributed by atoms with Crippen LogP contribution < -0.4 is 4.74 Å². The van der Waals surface area contributed by atoms with Gasteiger partial charge in [-0.2, -0.15) is 5.10 Å². The molecule has 1 N–H and O–H groups in total. The zero-order valence-electron chi connectivity index (χ0n) is 16.9. The fourth-order valence-corrected chi connectivity index (χ4v) is 4.04. The summed E-state index contributed by atoms with van der Waals surface area (Å²) in [5.74, 6) is 0.574. The van der Waals surface area contributed by atoms with E-state index in [1.54, 1.807) is 26.2 Å². The lowest BCUT2D eigenvalue weighted by atomic mass is 9.96. The van der Waals surface area contributed by atoms with E-state index in [4.69, 9.17) is 14.2 Å². The number of nitrogens with one attached hydrogen (secondary N) is 1. The quantitative estimate of drug-likeness (QED) is 0.526. The molecule has 3 aromatic rings. The minimum atomic E-state index is -0.546. The molecule has 30 heavy (non-hydrogen) atoms. The van der Waals surface area contributed by atoms with E-state index in [2.05, 4.69) is 26.1 Å². The molecule has 1 aliphatic heterocycles. The van der Waals surface area contributed by atoms with Crippen molar-refractivity contribution in [1.29, 1.82) is 0 Å². The summed E-state index contributed by atoms with van der Waals surface area (Å²) in [6.07, 6.45) is -0.546. The van der Waals surface area contributed by atoms with Gasteiger partial charge < -0.3 is 19.1 Å². The summed E-state index contributed by atoms with van der Waals surface area (Å²) in [6.45, 7) is 0.274. The number of methoxy groups -OCH3 is 3. The van der Waals surface area contributed by atoms with Crippen molar-refractivity contribution < 1.29 is 19.0 Å². The zero-order valence-corrected chi connectivity index (χ0v) is 18.5. The summed E-state index contributed by atoms with van der Waals surface area (Å²) in [6, 6.07) is 15.2. The first kappa shape index (κ1) is 20.6. The monoisotopic (exact) mass is 471 g/mol. The maximum absolute atomic E-state index is 13.3. The highest BCUT2D eigenvalue weighted by molar-refractivity contribution is 9.10. The molecule has 1 atom stereocenters. The second kappa shape index (κ2) is 8.59. The van der Waals surface area contributed by atoms with Crippen LogP contribution in [0.3, 0.4) is 0 Å². The van der Waals surface area contributed by atoms with Gasteiger partial charge in [-0.3, -0.25) is 9.89 Å². The van der Waals surface area contributed by atoms with Crippen LogP contribution in [0, 0.1) is 0 Å². The number of halogens is 1. The molecule has 1 unspecified atom stereocenters. The summed E-state index contributed by atoms with van der Waals surface area (Å²) in [5.41, 5.74) is 3.90. The number of hydrogen-bond acceptors (Lipinski definition) is 5. The Bertz CT molecular complexity index is 1050. The summed E-state index contributed by atoms with van der Waals surface area (Å²) < 4.78 is 17.1. The van der Waals surface area contributed by atoms with Crippen LogP contribution >= 0.6 is 15.9 Å². The highest BCUT2D eigenvalue weighted by Crippen LogP contribution is 2.43. The molecule has 0 saturated heterocycles. The summed E-state index contributed by atoms with van der Waals surface area (Å²) in [5, 5.41) is 7.43. The molecule has 1 aromatic heterocycles. The number of benzene rings is 2. The minimum Gasteiger partial charge on any atom is -0.497 e. The number of carbonyl (C=O) groups is 1. The Morgan fingerprint density at radius 1 is 1.13 bits per heavy atom. The Kier molecular flexibility index (Phi) is 5.90. The van der Waals surface area contributed by atoms with Gasteiger partial charge in [0.2, 0.25) is 0 Å². The van der Waals surface area contributed by atoms with Gasteiger partial charge in [0.05, 0.1) is 25.4 Å². The van der Waals surface area contributed by atoms with E-state index >= 15 is 0 Å². The standard InChI is InChI=1S/C22H22BrN3O4/c1-28-16-6-4-5-14(11-16)21-18-19(13-7-9-15(23)10-8-13)24-25-20(18)22(27)26(21)12-17(29-2)30-3/h4-11,17,21H,12H2,1-3H3,(H,24,25). The van der Waals surface area contributed by atoms with Crippen molar-refractivity contribution >= 4 is 21.8 Å². The molecule has 0 spiro atoms. The van der Waals surface area contributed by atoms with Gasteiger partial charge in [-0.05, 0) is 29.8 Å². The van der Waals surface area contributed by atoms with Crippen LogP contribution in [0.4, 0.5) is 0 Å². The van der Waals surface area contributed by atoms with E-state index in [-0.39, 0.29) is 18.5 Å². The lowest BCUT2D eigenvalue weighted by molar-refractivity contribution is -0.113. The van der Waals surface area contributed by atoms with Crippen molar-refractivity contribution in [2.75, 3.05) is 27.9 Å². The third-order valence-electron chi connectivity index (χ3n) is 5.26. The van der Waals surface area contributed by atoms with E-state index in [1.807, 2.05) is 48.5 Å². The minimum absolute atomic E-state index is 0.146. The number of rotatable bonds is 7. The maximum atomic E-state index is 13.3. The first-order chi connectivity index (χ1) is 14.6. The number of aromatic nitrogens is 2. The average molecular weight is 472 g/mol. The Labute approximate surface area is 183 Å². The summed E-state index contributed by atoms with van der Waals surface area (Å²) >= 11 is 3.47. The number of ether oxygens (including phenoxy) is 3. The number of aromatic amines is 1. The molecule has 0 radical (unpaired) electrons. The molecular formula is C22H22BrN3O4. The molecule has 1 amide bonds. The molecule has 7 nitrogen and oxygen atoms in total. The van der Waals surface area contributed by atoms with Gasteiger partial charge in [0.1, 0.15) is 11.4 Å². The number of amides is 1. The average Bonchev–Trinajstić information content (AvgIpc) is 3.31. The molecule has 2 heterocycles. The smallest absolute Gasteiger partial charge is 0.273 e. The predicted molar refractivity (Wildman–Crippen MR) is 115 cm³/mol. The van der Waals surface area contributed by atoms with Crippen LogP contribution in [0.1, 0.15) is 27.7 Å². The van der Waals surface area contributed by atoms with Gasteiger partial charge in [0.15, 0.2) is 6.29 Å². The first-order valence-corrected chi connectivity index (χ1v) is 10.2. The molecule has 4 rings (SSSR count). The van der Waals surface area contributed by atoms with Gasteiger partial charge >= 0.3 is 0 Å². The molecule has 0 aliphatic carbocycles. The van der Waals surface area contributed by atoms with Crippen LogP contribution in [0.5, 0.6) is 5.75 Å². The predicted octanol–water partition coefficient (Wildman–Crippen LogP) is 4.01. The van der Waals surface area contributed by atoms with Crippen molar-refractivity contribution in [2.45, 2.75) is 12.3 Å². The van der Waals surface area contributed by atoms with E-state index < -0.39 is 6.29 Å². The van der Waals surface area contributed by atoms with E-state index in [1.165, 1.54) is 0 Å². The largest absolute Gasteiger partial charge is 0.497 e. The van der Waals surface area contributed by atoms with Crippen molar-refractivity contribution in [3.63, 3.8) is 0 Å². The molecule has 1 aliphatic rings. The lowest BCUT2D eigenvalue weighted by Gasteiger charge is -2.29. The van der Waals surface area contributed by atoms with Crippen molar-refractivity contribution in [3.05, 3.63) is 69.8 Å². The molecular weight excluding hydrogens is 450 g/mol. The number of H-pyrrole nitrogens is 1. The topological polar surface area (TPSA) is 76.7 Å². The van der Waals surface area contributed by atoms with Crippen molar-refractivity contribution in [2.24, 2.45) is 0 Å². The van der Waals surface area contributed by atoms with Crippen molar-refractivity contribution in [3.8, 4) is 17.0 Å². The molecule has 156 valence electrons. The molecule has 8 heteroatoms. The normalized spacial score (nSPS) is 15.7. The Morgan fingerprint density at radius 3 is 2.53 bits per heavy atom. The van der Waals surface area contributed by atoms with E-state index in [0.29, 0.717) is 5.69 Å².